The minimum Gasteiger partial charge on any atom is -0.497 e. The summed E-state index contributed by atoms with van der Waals surface area (Å²) in [6.45, 7) is 0.837. The van der Waals surface area contributed by atoms with E-state index in [4.69, 9.17) is 4.74 Å². The van der Waals surface area contributed by atoms with Crippen molar-refractivity contribution in [3.63, 3.8) is 0 Å². The molecule has 1 unspecified atom stereocenters. The fourth-order valence-corrected chi connectivity index (χ4v) is 4.27. The Morgan fingerprint density at radius 1 is 1.07 bits per heavy atom. The molecule has 1 N–H and O–H groups in total. The van der Waals surface area contributed by atoms with Crippen molar-refractivity contribution in [1.29, 1.82) is 0 Å². The normalized spacial score (nSPS) is 21.7. The zero-order chi connectivity index (χ0) is 20.6. The first kappa shape index (κ1) is 22.6. The highest BCUT2D eigenvalue weighted by Crippen LogP contribution is 2.38. The number of aliphatic hydroxyl groups is 1. The lowest BCUT2D eigenvalue weighted by molar-refractivity contribution is -0.658. The number of amidine groups is 1. The van der Waals surface area contributed by atoms with Gasteiger partial charge in [-0.15, -0.1) is 17.0 Å². The van der Waals surface area contributed by atoms with Gasteiger partial charge in [0.2, 0.25) is 0 Å². The maximum atomic E-state index is 13.2. The number of rotatable bonds is 3. The van der Waals surface area contributed by atoms with Crippen molar-refractivity contribution in [3.05, 3.63) is 59.7 Å². The summed E-state index contributed by atoms with van der Waals surface area (Å²) in [6.07, 6.45) is -0.794. The summed E-state index contributed by atoms with van der Waals surface area (Å²) in [5.74, 6) is 1.56. The molecule has 0 aliphatic carbocycles. The number of alkyl halides is 3. The summed E-state index contributed by atoms with van der Waals surface area (Å²) >= 11 is 0. The Labute approximate surface area is 184 Å². The molecule has 0 spiro atoms. The third-order valence-electron chi connectivity index (χ3n) is 5.77. The van der Waals surface area contributed by atoms with Gasteiger partial charge in [0.05, 0.1) is 19.2 Å². The Kier molecular flexibility index (Phi) is 6.48. The Hall–Kier alpha value is -2.06. The Morgan fingerprint density at radius 2 is 1.80 bits per heavy atom. The number of anilines is 1. The van der Waals surface area contributed by atoms with Gasteiger partial charge >= 0.3 is 6.18 Å². The molecule has 30 heavy (non-hydrogen) atoms. The molecule has 2 aliphatic rings. The van der Waals surface area contributed by atoms with Gasteiger partial charge in [-0.2, -0.15) is 13.2 Å². The van der Waals surface area contributed by atoms with E-state index in [-0.39, 0.29) is 23.5 Å². The number of hydrogen-bond donors (Lipinski definition) is 1. The molecule has 8 heteroatoms. The van der Waals surface area contributed by atoms with Crippen molar-refractivity contribution in [2.45, 2.75) is 37.6 Å². The van der Waals surface area contributed by atoms with Gasteiger partial charge < -0.3 is 9.84 Å². The summed E-state index contributed by atoms with van der Waals surface area (Å²) in [7, 11) is 1.58. The lowest BCUT2D eigenvalue weighted by Crippen LogP contribution is -2.41. The van der Waals surface area contributed by atoms with E-state index in [0.29, 0.717) is 30.0 Å². The van der Waals surface area contributed by atoms with Crippen molar-refractivity contribution < 1.29 is 27.6 Å². The molecule has 0 amide bonds. The maximum absolute atomic E-state index is 13.2. The average molecular weight is 486 g/mol. The van der Waals surface area contributed by atoms with E-state index >= 15 is 0 Å². The monoisotopic (exact) mass is 485 g/mol. The maximum Gasteiger partial charge on any atom is 0.416 e. The fraction of sp³-hybridized carbons (Fsp3) is 0.409. The first-order valence-electron chi connectivity index (χ1n) is 9.78. The molecule has 4 nitrogen and oxygen atoms in total. The van der Waals surface area contributed by atoms with Gasteiger partial charge in [0.1, 0.15) is 11.4 Å². The van der Waals surface area contributed by atoms with Gasteiger partial charge in [-0.3, -0.25) is 0 Å². The van der Waals surface area contributed by atoms with Crippen LogP contribution < -0.4 is 9.64 Å². The molecule has 2 heterocycles. The average Bonchev–Trinajstić information content (AvgIpc) is 2.87. The molecule has 0 bridgehead atoms. The lowest BCUT2D eigenvalue weighted by atomic mass is 10.0. The zero-order valence-electron chi connectivity index (χ0n) is 16.7. The molecule has 4 rings (SSSR count). The van der Waals surface area contributed by atoms with Crippen LogP contribution in [-0.2, 0) is 11.9 Å². The van der Waals surface area contributed by atoms with Crippen LogP contribution in [0.3, 0.4) is 0 Å². The summed E-state index contributed by atoms with van der Waals surface area (Å²) in [6, 6.07) is 12.5. The third kappa shape index (κ3) is 4.07. The molecule has 1 atom stereocenters. The molecule has 0 radical (unpaired) electrons. The second-order valence-electron chi connectivity index (χ2n) is 7.56. The molecule has 162 valence electrons. The molecule has 2 aromatic carbocycles. The topological polar surface area (TPSA) is 35.7 Å². The quantitative estimate of drug-likeness (QED) is 0.625. The lowest BCUT2D eigenvalue weighted by Gasteiger charge is -2.23. The van der Waals surface area contributed by atoms with Crippen LogP contribution in [0.2, 0.25) is 0 Å². The highest BCUT2D eigenvalue weighted by atomic mass is 79.9. The number of methoxy groups -OCH3 is 1. The van der Waals surface area contributed by atoms with Crippen LogP contribution in [-0.4, -0.2) is 35.7 Å². The molecule has 0 aromatic heterocycles. The summed E-state index contributed by atoms with van der Waals surface area (Å²) < 4.78 is 46.9. The number of ether oxygens (including phenoxy) is 1. The SMILES string of the molecule is Br.COc1ccc(C2(O)CN(c3cccc(C(F)(F)F)c3)C3=[N+]2CCCCC3)cc1. The van der Waals surface area contributed by atoms with E-state index in [1.165, 1.54) is 6.07 Å². The highest BCUT2D eigenvalue weighted by molar-refractivity contribution is 8.93. The van der Waals surface area contributed by atoms with E-state index in [1.54, 1.807) is 25.3 Å². The van der Waals surface area contributed by atoms with Crippen molar-refractivity contribution >= 4 is 28.5 Å². The van der Waals surface area contributed by atoms with E-state index in [0.717, 1.165) is 37.2 Å². The fourth-order valence-electron chi connectivity index (χ4n) is 4.27. The molecule has 2 aliphatic heterocycles. The summed E-state index contributed by atoms with van der Waals surface area (Å²) in [4.78, 5) is 1.84. The van der Waals surface area contributed by atoms with E-state index in [2.05, 4.69) is 0 Å². The van der Waals surface area contributed by atoms with E-state index < -0.39 is 17.5 Å². The van der Waals surface area contributed by atoms with Gasteiger partial charge in [-0.25, -0.2) is 9.48 Å². The zero-order valence-corrected chi connectivity index (χ0v) is 18.4. The van der Waals surface area contributed by atoms with Crippen molar-refractivity contribution in [1.82, 2.24) is 0 Å². The van der Waals surface area contributed by atoms with Crippen LogP contribution in [0.25, 0.3) is 0 Å². The first-order chi connectivity index (χ1) is 13.8. The van der Waals surface area contributed by atoms with Crippen LogP contribution >= 0.6 is 17.0 Å². The van der Waals surface area contributed by atoms with Crippen LogP contribution in [0.4, 0.5) is 18.9 Å². The van der Waals surface area contributed by atoms with Gasteiger partial charge in [-0.05, 0) is 61.7 Å². The first-order valence-corrected chi connectivity index (χ1v) is 9.78. The Bertz CT molecular complexity index is 931. The number of halogens is 4. The van der Waals surface area contributed by atoms with Crippen molar-refractivity contribution in [2.75, 3.05) is 25.1 Å². The summed E-state index contributed by atoms with van der Waals surface area (Å²) in [5, 5.41) is 11.7. The Balaban J connectivity index is 0.00000256. The van der Waals surface area contributed by atoms with Gasteiger partial charge in [0.15, 0.2) is 6.54 Å². The van der Waals surface area contributed by atoms with Crippen molar-refractivity contribution in [2.24, 2.45) is 0 Å². The van der Waals surface area contributed by atoms with Gasteiger partial charge in [-0.1, -0.05) is 6.07 Å². The number of nitrogens with zero attached hydrogens (tertiary/aromatic N) is 2. The predicted molar refractivity (Wildman–Crippen MR) is 115 cm³/mol. The largest absolute Gasteiger partial charge is 0.497 e. The molecular formula is C22H25BrF3N2O2+. The molecule has 0 saturated heterocycles. The van der Waals surface area contributed by atoms with E-state index in [9.17, 15) is 18.3 Å². The smallest absolute Gasteiger partial charge is 0.416 e. The van der Waals surface area contributed by atoms with Crippen LogP contribution in [0.1, 0.15) is 36.8 Å². The molecule has 0 fully saturated rings. The Morgan fingerprint density at radius 3 is 2.47 bits per heavy atom. The van der Waals surface area contributed by atoms with E-state index in [1.807, 2.05) is 21.6 Å². The van der Waals surface area contributed by atoms with Crippen LogP contribution in [0.5, 0.6) is 5.75 Å². The third-order valence-corrected chi connectivity index (χ3v) is 5.77. The highest BCUT2D eigenvalue weighted by Gasteiger charge is 2.52. The number of β-amino-alcohol motifs (C(OH)–C–C–N with tert-alkyl or cyclic N) is 1. The molecule has 2 aromatic rings. The minimum absolute atomic E-state index is 0. The van der Waals surface area contributed by atoms with Crippen LogP contribution in [0.15, 0.2) is 48.5 Å². The van der Waals surface area contributed by atoms with Crippen molar-refractivity contribution in [3.8, 4) is 5.75 Å². The molecular weight excluding hydrogens is 461 g/mol. The predicted octanol–water partition coefficient (Wildman–Crippen LogP) is 4.94. The minimum atomic E-state index is -4.41. The standard InChI is InChI=1S/C22H24F3N2O2.BrH/c1-29-19-11-9-16(10-12-19)21(28)15-26(20-8-3-2-4-13-27(20)21)18-7-5-6-17(14-18)22(23,24)25;/h5-7,9-12,14,28H,2-4,8,13,15H2,1H3;1H/q+1;. The second kappa shape index (κ2) is 8.59. The van der Waals surface area contributed by atoms with Gasteiger partial charge in [0.25, 0.3) is 11.6 Å². The second-order valence-corrected chi connectivity index (χ2v) is 7.56. The number of hydrogen-bond acceptors (Lipinski definition) is 3. The van der Waals surface area contributed by atoms with Gasteiger partial charge in [0, 0.05) is 12.0 Å². The molecule has 0 saturated carbocycles. The summed E-state index contributed by atoms with van der Waals surface area (Å²) in [5.41, 5.74) is -0.839. The van der Waals surface area contributed by atoms with Crippen LogP contribution in [0, 0.1) is 0 Å². The number of benzene rings is 2.